The maximum Gasteiger partial charge on any atom is 0.186 e. The molecule has 1 N–H and O–H groups in total. The van der Waals surface area contributed by atoms with E-state index in [2.05, 4.69) is 6.92 Å². The molecular weight excluding hydrogens is 326 g/mol. The van der Waals surface area contributed by atoms with Gasteiger partial charge in [-0.05, 0) is 49.9 Å². The van der Waals surface area contributed by atoms with E-state index in [9.17, 15) is 9.90 Å². The zero-order valence-corrected chi connectivity index (χ0v) is 16.0. The highest BCUT2D eigenvalue weighted by Gasteiger charge is 2.11. The average molecular weight is 353 g/mol. The molecule has 2 rings (SSSR count). The third-order valence-electron chi connectivity index (χ3n) is 4.13. The Morgan fingerprint density at radius 3 is 2.58 bits per heavy atom. The third kappa shape index (κ3) is 4.96. The molecule has 0 atom stereocenters. The van der Waals surface area contributed by atoms with Crippen LogP contribution in [0.5, 0.6) is 11.5 Å². The van der Waals surface area contributed by atoms with E-state index in [-0.39, 0.29) is 11.5 Å². The second-order valence-electron chi connectivity index (χ2n) is 6.57. The van der Waals surface area contributed by atoms with E-state index in [0.717, 1.165) is 29.5 Å². The van der Waals surface area contributed by atoms with E-state index in [1.807, 2.05) is 49.3 Å². The maximum absolute atomic E-state index is 12.7. The number of carbonyl (C=O) groups is 1. The Labute approximate surface area is 155 Å². The number of allylic oxidation sites excluding steroid dienone is 1. The van der Waals surface area contributed by atoms with Gasteiger partial charge < -0.3 is 14.7 Å². The lowest BCUT2D eigenvalue weighted by molar-refractivity contribution is 0.104. The fraction of sp³-hybridized carbons (Fsp3) is 0.318. The fourth-order valence-corrected chi connectivity index (χ4v) is 2.90. The van der Waals surface area contributed by atoms with Gasteiger partial charge in [-0.1, -0.05) is 37.6 Å². The second kappa shape index (κ2) is 9.20. The lowest BCUT2D eigenvalue weighted by Crippen LogP contribution is -2.13. The molecule has 2 aromatic carbocycles. The lowest BCUT2D eigenvalue weighted by Gasteiger charge is -2.12. The molecule has 138 valence electrons. The van der Waals surface area contributed by atoms with E-state index < -0.39 is 0 Å². The first-order chi connectivity index (χ1) is 12.5. The van der Waals surface area contributed by atoms with E-state index in [0.29, 0.717) is 17.9 Å². The summed E-state index contributed by atoms with van der Waals surface area (Å²) in [5, 5.41) is 10.1. The average Bonchev–Trinajstić information content (AvgIpc) is 2.61. The summed E-state index contributed by atoms with van der Waals surface area (Å²) in [5.74, 6) is 0.728. The number of phenolic OH excluding ortho intramolecular Hbond substituents is 1. The minimum Gasteiger partial charge on any atom is -0.508 e. The van der Waals surface area contributed by atoms with Gasteiger partial charge in [0.05, 0.1) is 7.11 Å². The molecule has 0 amide bonds. The number of ketones is 1. The molecular formula is C22H27NO3. The van der Waals surface area contributed by atoms with Crippen LogP contribution in [0.15, 0.2) is 42.5 Å². The summed E-state index contributed by atoms with van der Waals surface area (Å²) in [6, 6.07) is 11.1. The quantitative estimate of drug-likeness (QED) is 0.567. The first-order valence-corrected chi connectivity index (χ1v) is 8.81. The number of methoxy groups -OCH3 is 1. The predicted molar refractivity (Wildman–Crippen MR) is 106 cm³/mol. The van der Waals surface area contributed by atoms with Gasteiger partial charge >= 0.3 is 0 Å². The summed E-state index contributed by atoms with van der Waals surface area (Å²) in [7, 11) is 5.52. The Morgan fingerprint density at radius 2 is 1.92 bits per heavy atom. The highest BCUT2D eigenvalue weighted by Crippen LogP contribution is 2.30. The van der Waals surface area contributed by atoms with Gasteiger partial charge in [0.15, 0.2) is 5.78 Å². The van der Waals surface area contributed by atoms with Crippen molar-refractivity contribution in [3.8, 4) is 11.5 Å². The van der Waals surface area contributed by atoms with Crippen LogP contribution < -0.4 is 4.74 Å². The van der Waals surface area contributed by atoms with Crippen LogP contribution in [-0.2, 0) is 13.0 Å². The topological polar surface area (TPSA) is 49.8 Å². The number of benzene rings is 2. The number of aryl methyl sites for hydroxylation is 1. The van der Waals surface area contributed by atoms with Crippen LogP contribution in [0.2, 0.25) is 0 Å². The monoisotopic (exact) mass is 353 g/mol. The van der Waals surface area contributed by atoms with Gasteiger partial charge in [-0.15, -0.1) is 0 Å². The standard InChI is InChI=1S/C22H27NO3/c1-5-8-16-13-17(22(26-4)14-21(16)25)11-12-20(24)19-10-7-6-9-18(19)15-23(2)3/h6-7,9-14,25H,5,8,15H2,1-4H3. The van der Waals surface area contributed by atoms with Crippen LogP contribution in [0, 0.1) is 0 Å². The van der Waals surface area contributed by atoms with Crippen LogP contribution in [0.3, 0.4) is 0 Å². The molecule has 0 aliphatic carbocycles. The summed E-state index contributed by atoms with van der Waals surface area (Å²) >= 11 is 0. The van der Waals surface area contributed by atoms with Gasteiger partial charge in [0, 0.05) is 23.7 Å². The van der Waals surface area contributed by atoms with Gasteiger partial charge in [0.25, 0.3) is 0 Å². The van der Waals surface area contributed by atoms with Crippen LogP contribution in [0.4, 0.5) is 0 Å². The van der Waals surface area contributed by atoms with Crippen LogP contribution in [0.25, 0.3) is 6.08 Å². The molecule has 0 heterocycles. The normalized spacial score (nSPS) is 11.3. The van der Waals surface area contributed by atoms with Gasteiger partial charge in [0.2, 0.25) is 0 Å². The minimum absolute atomic E-state index is 0.0466. The number of hydrogen-bond acceptors (Lipinski definition) is 4. The molecule has 0 aliphatic heterocycles. The minimum atomic E-state index is -0.0466. The molecule has 0 radical (unpaired) electrons. The third-order valence-corrected chi connectivity index (χ3v) is 4.13. The molecule has 0 aromatic heterocycles. The van der Waals surface area contributed by atoms with Crippen molar-refractivity contribution >= 4 is 11.9 Å². The number of nitrogens with zero attached hydrogens (tertiary/aromatic N) is 1. The molecule has 0 unspecified atom stereocenters. The zero-order valence-electron chi connectivity index (χ0n) is 16.0. The van der Waals surface area contributed by atoms with Crippen LogP contribution in [-0.4, -0.2) is 37.0 Å². The van der Waals surface area contributed by atoms with Crippen molar-refractivity contribution in [2.75, 3.05) is 21.2 Å². The number of aromatic hydroxyl groups is 1. The van der Waals surface area contributed by atoms with E-state index in [1.54, 1.807) is 25.3 Å². The van der Waals surface area contributed by atoms with Crippen molar-refractivity contribution in [3.63, 3.8) is 0 Å². The molecule has 0 saturated carbocycles. The summed E-state index contributed by atoms with van der Waals surface area (Å²) in [6.07, 6.45) is 5.03. The first kappa shape index (κ1) is 19.7. The molecule has 2 aromatic rings. The highest BCUT2D eigenvalue weighted by atomic mass is 16.5. The Kier molecular flexibility index (Phi) is 6.98. The Morgan fingerprint density at radius 1 is 1.19 bits per heavy atom. The lowest BCUT2D eigenvalue weighted by atomic mass is 10.0. The van der Waals surface area contributed by atoms with E-state index >= 15 is 0 Å². The highest BCUT2D eigenvalue weighted by molar-refractivity contribution is 6.07. The van der Waals surface area contributed by atoms with Crippen molar-refractivity contribution in [1.29, 1.82) is 0 Å². The number of ether oxygens (including phenoxy) is 1. The number of hydrogen-bond donors (Lipinski definition) is 1. The molecule has 0 aliphatic rings. The zero-order chi connectivity index (χ0) is 19.1. The molecule has 0 spiro atoms. The molecule has 0 bridgehead atoms. The largest absolute Gasteiger partial charge is 0.508 e. The first-order valence-electron chi connectivity index (χ1n) is 8.81. The van der Waals surface area contributed by atoms with E-state index in [1.165, 1.54) is 0 Å². The number of rotatable bonds is 8. The van der Waals surface area contributed by atoms with Gasteiger partial charge in [-0.3, -0.25) is 4.79 Å². The van der Waals surface area contributed by atoms with Crippen molar-refractivity contribution in [1.82, 2.24) is 4.90 Å². The van der Waals surface area contributed by atoms with Crippen molar-refractivity contribution in [3.05, 3.63) is 64.7 Å². The van der Waals surface area contributed by atoms with Crippen LogP contribution >= 0.6 is 0 Å². The molecule has 26 heavy (non-hydrogen) atoms. The molecule has 0 saturated heterocycles. The van der Waals surface area contributed by atoms with Gasteiger partial charge in [-0.2, -0.15) is 0 Å². The smallest absolute Gasteiger partial charge is 0.186 e. The Hall–Kier alpha value is -2.59. The molecule has 4 nitrogen and oxygen atoms in total. The number of carbonyl (C=O) groups excluding carboxylic acids is 1. The maximum atomic E-state index is 12.7. The SMILES string of the molecule is CCCc1cc(C=CC(=O)c2ccccc2CN(C)C)c(OC)cc1O. The van der Waals surface area contributed by atoms with E-state index in [4.69, 9.17) is 4.74 Å². The fourth-order valence-electron chi connectivity index (χ4n) is 2.90. The summed E-state index contributed by atoms with van der Waals surface area (Å²) in [5.41, 5.74) is 3.33. The molecule has 4 heteroatoms. The predicted octanol–water partition coefficient (Wildman–Crippen LogP) is 4.31. The summed E-state index contributed by atoms with van der Waals surface area (Å²) < 4.78 is 5.34. The van der Waals surface area contributed by atoms with Crippen LogP contribution in [0.1, 0.15) is 40.4 Å². The molecule has 0 fully saturated rings. The van der Waals surface area contributed by atoms with Gasteiger partial charge in [0.1, 0.15) is 11.5 Å². The van der Waals surface area contributed by atoms with Crippen molar-refractivity contribution in [2.45, 2.75) is 26.3 Å². The summed E-state index contributed by atoms with van der Waals surface area (Å²) in [4.78, 5) is 14.7. The van der Waals surface area contributed by atoms with Crippen molar-refractivity contribution < 1.29 is 14.6 Å². The Bertz CT molecular complexity index is 794. The summed E-state index contributed by atoms with van der Waals surface area (Å²) in [6.45, 7) is 2.77. The second-order valence-corrected chi connectivity index (χ2v) is 6.57. The van der Waals surface area contributed by atoms with Gasteiger partial charge in [-0.25, -0.2) is 0 Å². The Balaban J connectivity index is 2.32. The number of phenols is 1. The van der Waals surface area contributed by atoms with Crippen molar-refractivity contribution in [2.24, 2.45) is 0 Å².